The summed E-state index contributed by atoms with van der Waals surface area (Å²) in [4.78, 5) is 5.35. The normalized spacial score (nSPS) is 20.6. The summed E-state index contributed by atoms with van der Waals surface area (Å²) in [5.74, 6) is 0. The minimum absolute atomic E-state index is 0.192. The second-order valence-electron chi connectivity index (χ2n) is 4.01. The second-order valence-corrected chi connectivity index (χ2v) is 4.45. The van der Waals surface area contributed by atoms with E-state index in [0.29, 0.717) is 0 Å². The van der Waals surface area contributed by atoms with Crippen molar-refractivity contribution in [2.75, 3.05) is 6.54 Å². The van der Waals surface area contributed by atoms with Crippen LogP contribution in [0.1, 0.15) is 18.9 Å². The first-order valence-corrected chi connectivity index (χ1v) is 5.98. The van der Waals surface area contributed by atoms with Crippen molar-refractivity contribution in [3.05, 3.63) is 47.2 Å². The zero-order chi connectivity index (χ0) is 11.4. The molecule has 3 heteroatoms. The molecule has 1 unspecified atom stereocenters. The van der Waals surface area contributed by atoms with Crippen LogP contribution >= 0.6 is 11.6 Å². The average molecular weight is 238 g/mol. The van der Waals surface area contributed by atoms with E-state index in [9.17, 15) is 0 Å². The van der Waals surface area contributed by atoms with Crippen molar-refractivity contribution in [3.8, 4) is 0 Å². The second kappa shape index (κ2) is 5.37. The van der Waals surface area contributed by atoms with Crippen LogP contribution in [-0.2, 0) is 11.3 Å². The van der Waals surface area contributed by atoms with Gasteiger partial charge in [-0.15, -0.1) is 5.06 Å². The van der Waals surface area contributed by atoms with Gasteiger partial charge in [-0.1, -0.05) is 41.9 Å². The zero-order valence-corrected chi connectivity index (χ0v) is 10.2. The van der Waals surface area contributed by atoms with Crippen LogP contribution in [0.15, 0.2) is 41.6 Å². The van der Waals surface area contributed by atoms with Gasteiger partial charge in [0.2, 0.25) is 0 Å². The molecule has 1 heterocycles. The highest BCUT2D eigenvalue weighted by Crippen LogP contribution is 2.22. The van der Waals surface area contributed by atoms with E-state index in [1.54, 1.807) is 6.26 Å². The number of hydrogen-bond donors (Lipinski definition) is 0. The van der Waals surface area contributed by atoms with Gasteiger partial charge in [0, 0.05) is 6.54 Å². The highest BCUT2D eigenvalue weighted by molar-refractivity contribution is 6.30. The predicted molar refractivity (Wildman–Crippen MR) is 66.0 cm³/mol. The molecule has 0 N–H and O–H groups in total. The van der Waals surface area contributed by atoms with Crippen molar-refractivity contribution in [2.45, 2.75) is 25.8 Å². The van der Waals surface area contributed by atoms with E-state index < -0.39 is 0 Å². The third-order valence-electron chi connectivity index (χ3n) is 2.82. The molecule has 1 aromatic rings. The number of halogens is 1. The molecule has 0 aromatic heterocycles. The Balaban J connectivity index is 1.74. The van der Waals surface area contributed by atoms with Crippen molar-refractivity contribution < 1.29 is 4.84 Å². The molecular weight excluding hydrogens is 222 g/mol. The van der Waals surface area contributed by atoms with E-state index in [-0.39, 0.29) is 6.04 Å². The van der Waals surface area contributed by atoms with Gasteiger partial charge in [0.15, 0.2) is 0 Å². The molecule has 16 heavy (non-hydrogen) atoms. The predicted octanol–water partition coefficient (Wildman–Crippen LogP) is 3.34. The molecule has 1 aromatic carbocycles. The van der Waals surface area contributed by atoms with Crippen LogP contribution in [0.25, 0.3) is 0 Å². The Morgan fingerprint density at radius 2 is 2.06 bits per heavy atom. The summed E-state index contributed by atoms with van der Waals surface area (Å²) in [6.07, 6.45) is 3.77. The fourth-order valence-electron chi connectivity index (χ4n) is 1.78. The van der Waals surface area contributed by atoms with E-state index in [1.807, 2.05) is 18.1 Å². The minimum Gasteiger partial charge on any atom is -0.412 e. The maximum atomic E-state index is 5.95. The molecule has 0 saturated heterocycles. The SMILES string of the molecule is CC1C(Cl)=CON1CCCc1ccccc1. The van der Waals surface area contributed by atoms with Crippen LogP contribution in [0, 0.1) is 0 Å². The molecule has 1 aliphatic rings. The first kappa shape index (κ1) is 11.5. The molecule has 1 atom stereocenters. The van der Waals surface area contributed by atoms with Gasteiger partial charge in [0.1, 0.15) is 6.26 Å². The summed E-state index contributed by atoms with van der Waals surface area (Å²) in [5.41, 5.74) is 1.37. The van der Waals surface area contributed by atoms with Crippen LogP contribution in [0.4, 0.5) is 0 Å². The van der Waals surface area contributed by atoms with Gasteiger partial charge in [-0.3, -0.25) is 0 Å². The van der Waals surface area contributed by atoms with Crippen molar-refractivity contribution in [2.24, 2.45) is 0 Å². The fourth-order valence-corrected chi connectivity index (χ4v) is 1.92. The Morgan fingerprint density at radius 3 is 2.69 bits per heavy atom. The lowest BCUT2D eigenvalue weighted by atomic mass is 10.1. The van der Waals surface area contributed by atoms with Crippen LogP contribution < -0.4 is 0 Å². The highest BCUT2D eigenvalue weighted by atomic mass is 35.5. The molecule has 0 fully saturated rings. The van der Waals surface area contributed by atoms with Crippen molar-refractivity contribution >= 4 is 11.6 Å². The Morgan fingerprint density at radius 1 is 1.31 bits per heavy atom. The van der Waals surface area contributed by atoms with Crippen LogP contribution in [0.2, 0.25) is 0 Å². The number of hydrogen-bond acceptors (Lipinski definition) is 2. The standard InChI is InChI=1S/C13H16ClNO/c1-11-13(14)10-16-15(11)9-5-8-12-6-3-2-4-7-12/h2-4,6-7,10-11H,5,8-9H2,1H3. The molecule has 0 amide bonds. The third-order valence-corrected chi connectivity index (χ3v) is 3.22. The van der Waals surface area contributed by atoms with E-state index >= 15 is 0 Å². The molecule has 86 valence electrons. The Labute approximate surface area is 101 Å². The number of rotatable bonds is 4. The number of nitrogens with zero attached hydrogens (tertiary/aromatic N) is 1. The third kappa shape index (κ3) is 2.77. The van der Waals surface area contributed by atoms with Crippen molar-refractivity contribution in [1.82, 2.24) is 5.06 Å². The van der Waals surface area contributed by atoms with Gasteiger partial charge in [0.25, 0.3) is 0 Å². The smallest absolute Gasteiger partial charge is 0.127 e. The summed E-state index contributed by atoms with van der Waals surface area (Å²) in [5, 5.41) is 2.70. The molecule has 1 aliphatic heterocycles. The van der Waals surface area contributed by atoms with Crippen LogP contribution in [0.3, 0.4) is 0 Å². The summed E-state index contributed by atoms with van der Waals surface area (Å²) in [7, 11) is 0. The Kier molecular flexibility index (Phi) is 3.86. The number of benzene rings is 1. The Bertz CT molecular complexity index is 363. The number of aryl methyl sites for hydroxylation is 1. The van der Waals surface area contributed by atoms with E-state index in [2.05, 4.69) is 24.3 Å². The molecule has 0 aliphatic carbocycles. The zero-order valence-electron chi connectivity index (χ0n) is 9.40. The van der Waals surface area contributed by atoms with Crippen molar-refractivity contribution in [1.29, 1.82) is 0 Å². The van der Waals surface area contributed by atoms with Crippen LogP contribution in [-0.4, -0.2) is 17.6 Å². The molecule has 2 rings (SSSR count). The molecular formula is C13H16ClNO. The molecule has 0 spiro atoms. The average Bonchev–Trinajstić information content (AvgIpc) is 2.62. The largest absolute Gasteiger partial charge is 0.412 e. The number of hydroxylamine groups is 2. The van der Waals surface area contributed by atoms with Gasteiger partial charge >= 0.3 is 0 Å². The quantitative estimate of drug-likeness (QED) is 0.797. The van der Waals surface area contributed by atoms with Gasteiger partial charge in [-0.25, -0.2) is 0 Å². The van der Waals surface area contributed by atoms with Gasteiger partial charge in [-0.05, 0) is 25.3 Å². The summed E-state index contributed by atoms with van der Waals surface area (Å²) < 4.78 is 0. The summed E-state index contributed by atoms with van der Waals surface area (Å²) in [6, 6.07) is 10.7. The maximum absolute atomic E-state index is 5.95. The first-order chi connectivity index (χ1) is 7.77. The lowest BCUT2D eigenvalue weighted by Crippen LogP contribution is -2.28. The lowest BCUT2D eigenvalue weighted by molar-refractivity contribution is -0.0999. The van der Waals surface area contributed by atoms with Crippen LogP contribution in [0.5, 0.6) is 0 Å². The maximum Gasteiger partial charge on any atom is 0.127 e. The van der Waals surface area contributed by atoms with E-state index in [0.717, 1.165) is 24.4 Å². The van der Waals surface area contributed by atoms with E-state index in [4.69, 9.17) is 16.4 Å². The van der Waals surface area contributed by atoms with Crippen molar-refractivity contribution in [3.63, 3.8) is 0 Å². The van der Waals surface area contributed by atoms with Gasteiger partial charge < -0.3 is 4.84 Å². The summed E-state index contributed by atoms with van der Waals surface area (Å²) >= 11 is 5.95. The topological polar surface area (TPSA) is 12.5 Å². The Hall–Kier alpha value is -0.990. The van der Waals surface area contributed by atoms with Gasteiger partial charge in [0.05, 0.1) is 11.1 Å². The monoisotopic (exact) mass is 237 g/mol. The first-order valence-electron chi connectivity index (χ1n) is 5.60. The molecule has 0 bridgehead atoms. The minimum atomic E-state index is 0.192. The molecule has 0 radical (unpaired) electrons. The summed E-state index contributed by atoms with van der Waals surface area (Å²) in [6.45, 7) is 2.96. The molecule has 2 nitrogen and oxygen atoms in total. The van der Waals surface area contributed by atoms with E-state index in [1.165, 1.54) is 5.56 Å². The van der Waals surface area contributed by atoms with Gasteiger partial charge in [-0.2, -0.15) is 0 Å². The lowest BCUT2D eigenvalue weighted by Gasteiger charge is -2.19. The fraction of sp³-hybridized carbons (Fsp3) is 0.385. The molecule has 0 saturated carbocycles. The highest BCUT2D eigenvalue weighted by Gasteiger charge is 2.23.